The first-order valence-electron chi connectivity index (χ1n) is 13.5. The van der Waals surface area contributed by atoms with Crippen molar-refractivity contribution >= 4 is 32.6 Å². The van der Waals surface area contributed by atoms with Gasteiger partial charge in [-0.1, -0.05) is 105 Å². The summed E-state index contributed by atoms with van der Waals surface area (Å²) in [6.45, 7) is 4.73. The van der Waals surface area contributed by atoms with Gasteiger partial charge in [-0.05, 0) is 79.5 Å². The molecule has 0 unspecified atom stereocenters. The Bertz CT molecular complexity index is 2150. The van der Waals surface area contributed by atoms with Gasteiger partial charge < -0.3 is 4.57 Å². The van der Waals surface area contributed by atoms with Crippen LogP contribution in [0.3, 0.4) is 0 Å². The van der Waals surface area contributed by atoms with Crippen molar-refractivity contribution in [2.45, 2.75) is 19.3 Å². The number of hydrogen-bond donors (Lipinski definition) is 0. The van der Waals surface area contributed by atoms with E-state index in [1.807, 2.05) is 0 Å². The molecular weight excluding hydrogens is 458 g/mol. The lowest BCUT2D eigenvalue weighted by Gasteiger charge is -2.21. The Morgan fingerprint density at radius 2 is 1.24 bits per heavy atom. The fourth-order valence-electron chi connectivity index (χ4n) is 7.45. The van der Waals surface area contributed by atoms with Crippen LogP contribution in [0.15, 0.2) is 115 Å². The van der Waals surface area contributed by atoms with Crippen LogP contribution in [0.25, 0.3) is 71.6 Å². The third-order valence-electron chi connectivity index (χ3n) is 9.13. The zero-order valence-corrected chi connectivity index (χ0v) is 21.4. The molecule has 6 aromatic carbocycles. The molecule has 0 saturated carbocycles. The topological polar surface area (TPSA) is 4.93 Å². The van der Waals surface area contributed by atoms with Crippen molar-refractivity contribution in [2.75, 3.05) is 0 Å². The fourth-order valence-corrected chi connectivity index (χ4v) is 7.45. The van der Waals surface area contributed by atoms with Crippen LogP contribution < -0.4 is 0 Å². The molecule has 0 saturated heterocycles. The molecule has 0 aliphatic heterocycles. The van der Waals surface area contributed by atoms with E-state index in [-0.39, 0.29) is 5.41 Å². The minimum absolute atomic E-state index is 0.0126. The van der Waals surface area contributed by atoms with E-state index in [1.165, 1.54) is 82.8 Å². The van der Waals surface area contributed by atoms with E-state index in [9.17, 15) is 0 Å². The Labute approximate surface area is 221 Å². The van der Waals surface area contributed by atoms with E-state index in [0.717, 1.165) is 0 Å². The second-order valence-electron chi connectivity index (χ2n) is 11.3. The highest BCUT2D eigenvalue weighted by Gasteiger charge is 2.37. The number of hydrogen-bond acceptors (Lipinski definition) is 0. The smallest absolute Gasteiger partial charge is 0.0547 e. The molecule has 7 aromatic rings. The Hall–Kier alpha value is -4.62. The average molecular weight is 484 g/mol. The second kappa shape index (κ2) is 6.82. The summed E-state index contributed by atoms with van der Waals surface area (Å²) in [6.07, 6.45) is 0. The van der Waals surface area contributed by atoms with Gasteiger partial charge in [-0.2, -0.15) is 0 Å². The summed E-state index contributed by atoms with van der Waals surface area (Å²) in [5.41, 5.74) is 14.7. The van der Waals surface area contributed by atoms with Gasteiger partial charge in [-0.15, -0.1) is 0 Å². The van der Waals surface area contributed by atoms with E-state index in [2.05, 4.69) is 134 Å². The number of benzene rings is 6. The van der Waals surface area contributed by atoms with Crippen molar-refractivity contribution in [3.05, 3.63) is 126 Å². The van der Waals surface area contributed by atoms with Gasteiger partial charge in [0, 0.05) is 21.9 Å². The molecule has 2 aliphatic rings. The lowest BCUT2D eigenvalue weighted by Crippen LogP contribution is -2.14. The van der Waals surface area contributed by atoms with Crippen LogP contribution in [0.4, 0.5) is 0 Å². The molecule has 0 amide bonds. The summed E-state index contributed by atoms with van der Waals surface area (Å²) < 4.78 is 2.47. The Morgan fingerprint density at radius 1 is 0.500 bits per heavy atom. The lowest BCUT2D eigenvalue weighted by molar-refractivity contribution is 0.661. The molecular formula is C37H25N. The van der Waals surface area contributed by atoms with E-state index >= 15 is 0 Å². The number of nitrogens with zero attached hydrogens (tertiary/aromatic N) is 1. The fraction of sp³-hybridized carbons (Fsp3) is 0.0811. The molecule has 0 bridgehead atoms. The van der Waals surface area contributed by atoms with E-state index in [0.29, 0.717) is 0 Å². The summed E-state index contributed by atoms with van der Waals surface area (Å²) in [7, 11) is 0. The molecule has 9 rings (SSSR count). The van der Waals surface area contributed by atoms with Crippen molar-refractivity contribution in [3.8, 4) is 39.1 Å². The van der Waals surface area contributed by atoms with Crippen LogP contribution in [0, 0.1) is 0 Å². The molecule has 178 valence electrons. The highest BCUT2D eigenvalue weighted by Crippen LogP contribution is 2.53. The third kappa shape index (κ3) is 2.33. The number of fused-ring (bicyclic) bond motifs is 10. The standard InChI is InChI=1S/C37H25N/c1-37(2)30-15-5-3-11-27(30)35-31(37)19-20-33-36(35)28-12-4-6-16-32(28)38(33)23-17-18-24-25-13-7-9-22-10-8-14-26(34(22)25)29(24)21-23/h3-21H,1-2H3. The Balaban J connectivity index is 1.38. The molecule has 1 heteroatoms. The normalized spacial score (nSPS) is 14.3. The number of aromatic nitrogens is 1. The molecule has 0 atom stereocenters. The van der Waals surface area contributed by atoms with E-state index in [4.69, 9.17) is 0 Å². The minimum Gasteiger partial charge on any atom is -0.309 e. The Morgan fingerprint density at radius 3 is 2.11 bits per heavy atom. The first kappa shape index (κ1) is 20.4. The van der Waals surface area contributed by atoms with Gasteiger partial charge in [-0.25, -0.2) is 0 Å². The van der Waals surface area contributed by atoms with Crippen molar-refractivity contribution in [2.24, 2.45) is 0 Å². The molecule has 1 aromatic heterocycles. The van der Waals surface area contributed by atoms with Crippen molar-refractivity contribution < 1.29 is 0 Å². The van der Waals surface area contributed by atoms with Crippen LogP contribution in [-0.4, -0.2) is 4.57 Å². The summed E-state index contributed by atoms with van der Waals surface area (Å²) >= 11 is 0. The first-order chi connectivity index (χ1) is 18.6. The van der Waals surface area contributed by atoms with Crippen LogP contribution in [0.2, 0.25) is 0 Å². The molecule has 0 spiro atoms. The summed E-state index contributed by atoms with van der Waals surface area (Å²) in [4.78, 5) is 0. The van der Waals surface area contributed by atoms with Crippen molar-refractivity contribution in [3.63, 3.8) is 0 Å². The van der Waals surface area contributed by atoms with E-state index in [1.54, 1.807) is 0 Å². The number of para-hydroxylation sites is 1. The predicted molar refractivity (Wildman–Crippen MR) is 160 cm³/mol. The highest BCUT2D eigenvalue weighted by atomic mass is 15.0. The second-order valence-corrected chi connectivity index (χ2v) is 11.3. The first-order valence-corrected chi connectivity index (χ1v) is 13.5. The summed E-state index contributed by atoms with van der Waals surface area (Å²) in [5, 5.41) is 5.37. The summed E-state index contributed by atoms with van der Waals surface area (Å²) in [6, 6.07) is 43.0. The molecule has 2 aliphatic carbocycles. The van der Waals surface area contributed by atoms with E-state index < -0.39 is 0 Å². The molecule has 0 N–H and O–H groups in total. The van der Waals surface area contributed by atoms with Gasteiger partial charge in [0.2, 0.25) is 0 Å². The maximum absolute atomic E-state index is 2.47. The molecule has 38 heavy (non-hydrogen) atoms. The SMILES string of the molecule is CC1(C)c2ccccc2-c2c1ccc1c2c2ccccc2n1-c1ccc2c(c1)-c1cccc3cccc-2c13. The lowest BCUT2D eigenvalue weighted by atomic mass is 9.82. The molecule has 1 nitrogen and oxygen atoms in total. The zero-order chi connectivity index (χ0) is 25.2. The van der Waals surface area contributed by atoms with Gasteiger partial charge in [0.25, 0.3) is 0 Å². The maximum Gasteiger partial charge on any atom is 0.0547 e. The maximum atomic E-state index is 2.47. The van der Waals surface area contributed by atoms with Crippen LogP contribution in [0.5, 0.6) is 0 Å². The number of rotatable bonds is 1. The largest absolute Gasteiger partial charge is 0.309 e. The van der Waals surface area contributed by atoms with Crippen molar-refractivity contribution in [1.29, 1.82) is 0 Å². The van der Waals surface area contributed by atoms with Crippen molar-refractivity contribution in [1.82, 2.24) is 4.57 Å². The molecule has 0 fully saturated rings. The average Bonchev–Trinajstić information content (AvgIpc) is 3.54. The Kier molecular flexibility index (Phi) is 3.67. The molecule has 1 heterocycles. The quantitative estimate of drug-likeness (QED) is 0.219. The third-order valence-corrected chi connectivity index (χ3v) is 9.13. The molecule has 0 radical (unpaired) electrons. The van der Waals surface area contributed by atoms with Crippen LogP contribution in [0.1, 0.15) is 25.0 Å². The summed E-state index contributed by atoms with van der Waals surface area (Å²) in [5.74, 6) is 0. The van der Waals surface area contributed by atoms with Gasteiger partial charge in [-0.3, -0.25) is 0 Å². The minimum atomic E-state index is -0.0126. The van der Waals surface area contributed by atoms with Gasteiger partial charge in [0.1, 0.15) is 0 Å². The van der Waals surface area contributed by atoms with Crippen LogP contribution in [-0.2, 0) is 5.41 Å². The van der Waals surface area contributed by atoms with Crippen LogP contribution >= 0.6 is 0 Å². The van der Waals surface area contributed by atoms with Gasteiger partial charge in [0.15, 0.2) is 0 Å². The zero-order valence-electron chi connectivity index (χ0n) is 21.4. The monoisotopic (exact) mass is 483 g/mol. The van der Waals surface area contributed by atoms with Gasteiger partial charge in [0.05, 0.1) is 11.0 Å². The highest BCUT2D eigenvalue weighted by molar-refractivity contribution is 6.19. The van der Waals surface area contributed by atoms with Gasteiger partial charge >= 0.3 is 0 Å². The predicted octanol–water partition coefficient (Wildman–Crippen LogP) is 9.89.